The number of tetrazole rings is 1. The number of nitrogens with zero attached hydrogens (tertiary/aromatic N) is 5. The number of esters is 1. The first-order valence-corrected chi connectivity index (χ1v) is 8.25. The zero-order valence-electron chi connectivity index (χ0n) is 15.1. The highest BCUT2D eigenvalue weighted by Crippen LogP contribution is 2.13. The van der Waals surface area contributed by atoms with Crippen LogP contribution in [0.1, 0.15) is 11.4 Å². The second kappa shape index (κ2) is 9.81. The quantitative estimate of drug-likeness (QED) is 0.381. The van der Waals surface area contributed by atoms with Gasteiger partial charge in [-0.15, -0.1) is 18.3 Å². The molecule has 0 unspecified atom stereocenters. The number of carbonyl (C=O) groups is 2. The Kier molecular flexibility index (Phi) is 7.18. The summed E-state index contributed by atoms with van der Waals surface area (Å²) in [7, 11) is 0. The summed E-state index contributed by atoms with van der Waals surface area (Å²) in [4.78, 5) is 26.3. The van der Waals surface area contributed by atoms with Crippen LogP contribution in [0.15, 0.2) is 55.6 Å². The molecule has 1 amide bonds. The van der Waals surface area contributed by atoms with Gasteiger partial charge in [-0.3, -0.25) is 4.79 Å². The average molecular weight is 367 g/mol. The van der Waals surface area contributed by atoms with Crippen LogP contribution in [-0.2, 0) is 14.3 Å². The fourth-order valence-corrected chi connectivity index (χ4v) is 2.25. The lowest BCUT2D eigenvalue weighted by atomic mass is 10.2. The Labute approximate surface area is 157 Å². The molecule has 140 valence electrons. The van der Waals surface area contributed by atoms with E-state index in [1.54, 1.807) is 25.2 Å². The van der Waals surface area contributed by atoms with E-state index in [0.29, 0.717) is 18.9 Å². The van der Waals surface area contributed by atoms with Gasteiger partial charge in [0.05, 0.1) is 0 Å². The van der Waals surface area contributed by atoms with Crippen molar-refractivity contribution in [2.45, 2.75) is 6.92 Å². The summed E-state index contributed by atoms with van der Waals surface area (Å²) in [5, 5.41) is 11.2. The lowest BCUT2D eigenvalue weighted by molar-refractivity contribution is -0.147. The lowest BCUT2D eigenvalue weighted by Crippen LogP contribution is -2.35. The smallest absolute Gasteiger partial charge is 0.357 e. The van der Waals surface area contributed by atoms with Crippen molar-refractivity contribution in [1.82, 2.24) is 25.1 Å². The van der Waals surface area contributed by atoms with E-state index >= 15 is 0 Å². The molecule has 8 nitrogen and oxygen atoms in total. The third-order valence-corrected chi connectivity index (χ3v) is 3.54. The molecule has 2 rings (SSSR count). The molecular weight excluding hydrogens is 346 g/mol. The number of rotatable bonds is 9. The molecule has 0 saturated heterocycles. The van der Waals surface area contributed by atoms with Gasteiger partial charge in [-0.05, 0) is 29.0 Å². The highest BCUT2D eigenvalue weighted by Gasteiger charge is 2.20. The van der Waals surface area contributed by atoms with Gasteiger partial charge in [-0.2, -0.15) is 4.68 Å². The first-order chi connectivity index (χ1) is 13.1. The van der Waals surface area contributed by atoms with Crippen LogP contribution in [0, 0.1) is 6.92 Å². The highest BCUT2D eigenvalue weighted by atomic mass is 16.5. The van der Waals surface area contributed by atoms with Crippen molar-refractivity contribution in [1.29, 1.82) is 0 Å². The number of aromatic nitrogens is 4. The number of carbonyl (C=O) groups excluding carboxylic acids is 2. The van der Waals surface area contributed by atoms with Crippen molar-refractivity contribution in [3.63, 3.8) is 0 Å². The molecule has 0 N–H and O–H groups in total. The van der Waals surface area contributed by atoms with Gasteiger partial charge in [0.1, 0.15) is 0 Å². The second-order valence-corrected chi connectivity index (χ2v) is 5.53. The molecule has 0 radical (unpaired) electrons. The van der Waals surface area contributed by atoms with Crippen molar-refractivity contribution >= 4 is 23.6 Å². The Balaban J connectivity index is 2.19. The monoisotopic (exact) mass is 367 g/mol. The molecule has 0 fully saturated rings. The van der Waals surface area contributed by atoms with E-state index in [2.05, 4.69) is 28.7 Å². The zero-order valence-corrected chi connectivity index (χ0v) is 15.1. The number of hydrogen-bond donors (Lipinski definition) is 0. The molecule has 1 aromatic heterocycles. The number of amides is 1. The summed E-state index contributed by atoms with van der Waals surface area (Å²) >= 11 is 0. The average Bonchev–Trinajstić information content (AvgIpc) is 3.10. The van der Waals surface area contributed by atoms with Crippen LogP contribution in [0.3, 0.4) is 0 Å². The molecule has 8 heteroatoms. The minimum Gasteiger partial charge on any atom is -0.451 e. The first kappa shape index (κ1) is 19.8. The van der Waals surface area contributed by atoms with E-state index in [1.807, 2.05) is 30.3 Å². The molecule has 0 atom stereocenters. The fourth-order valence-electron chi connectivity index (χ4n) is 2.25. The fraction of sp³-hybridized carbons (Fsp3) is 0.211. The van der Waals surface area contributed by atoms with Crippen LogP contribution in [0.2, 0.25) is 0 Å². The number of benzene rings is 1. The Morgan fingerprint density at radius 3 is 2.41 bits per heavy atom. The first-order valence-electron chi connectivity index (χ1n) is 8.25. The minimum atomic E-state index is -0.709. The summed E-state index contributed by atoms with van der Waals surface area (Å²) in [5.74, 6) is -0.643. The van der Waals surface area contributed by atoms with E-state index in [4.69, 9.17) is 4.74 Å². The van der Waals surface area contributed by atoms with Gasteiger partial charge in [0.2, 0.25) is 0 Å². The standard InChI is InChI=1S/C19H21N5O3/c1-4-11-23(12-5-2)18(25)14-27-19(26)17(24-15(3)20-21-22-24)13-16-9-7-6-8-10-16/h4-10,13H,1-2,11-12,14H2,3H3. The predicted molar refractivity (Wildman–Crippen MR) is 101 cm³/mol. The van der Waals surface area contributed by atoms with Gasteiger partial charge >= 0.3 is 5.97 Å². The number of aryl methyl sites for hydroxylation is 1. The molecule has 0 spiro atoms. The van der Waals surface area contributed by atoms with Gasteiger partial charge < -0.3 is 9.64 Å². The molecule has 1 heterocycles. The van der Waals surface area contributed by atoms with Crippen LogP contribution in [0.25, 0.3) is 11.8 Å². The molecule has 1 aromatic carbocycles. The molecule has 0 aliphatic rings. The zero-order chi connectivity index (χ0) is 19.6. The molecule has 0 bridgehead atoms. The maximum absolute atomic E-state index is 12.6. The number of ether oxygens (including phenoxy) is 1. The van der Waals surface area contributed by atoms with Gasteiger partial charge in [-0.25, -0.2) is 4.79 Å². The van der Waals surface area contributed by atoms with Crippen LogP contribution in [0.4, 0.5) is 0 Å². The lowest BCUT2D eigenvalue weighted by Gasteiger charge is -2.19. The Hall–Kier alpha value is -3.55. The molecule has 0 saturated carbocycles. The van der Waals surface area contributed by atoms with Gasteiger partial charge in [-0.1, -0.05) is 42.5 Å². The Morgan fingerprint density at radius 1 is 1.19 bits per heavy atom. The molecule has 0 aliphatic heterocycles. The molecule has 0 aliphatic carbocycles. The highest BCUT2D eigenvalue weighted by molar-refractivity contribution is 6.15. The normalized spacial score (nSPS) is 10.9. The topological polar surface area (TPSA) is 90.2 Å². The maximum Gasteiger partial charge on any atom is 0.357 e. The van der Waals surface area contributed by atoms with Crippen LogP contribution in [0.5, 0.6) is 0 Å². The van der Waals surface area contributed by atoms with E-state index < -0.39 is 12.6 Å². The number of hydrogen-bond acceptors (Lipinski definition) is 6. The van der Waals surface area contributed by atoms with Crippen LogP contribution in [-0.4, -0.2) is 56.7 Å². The van der Waals surface area contributed by atoms with Gasteiger partial charge in [0.15, 0.2) is 18.1 Å². The van der Waals surface area contributed by atoms with E-state index in [9.17, 15) is 9.59 Å². The van der Waals surface area contributed by atoms with Crippen molar-refractivity contribution in [2.24, 2.45) is 0 Å². The third kappa shape index (κ3) is 5.46. The Morgan fingerprint density at radius 2 is 1.85 bits per heavy atom. The summed E-state index contributed by atoms with van der Waals surface area (Å²) < 4.78 is 6.48. The second-order valence-electron chi connectivity index (χ2n) is 5.53. The van der Waals surface area contributed by atoms with Crippen molar-refractivity contribution in [2.75, 3.05) is 19.7 Å². The minimum absolute atomic E-state index is 0.107. The van der Waals surface area contributed by atoms with Crippen molar-refractivity contribution in [3.05, 3.63) is 67.0 Å². The summed E-state index contributed by atoms with van der Waals surface area (Å²) in [6.45, 7) is 9.14. The van der Waals surface area contributed by atoms with Crippen LogP contribution < -0.4 is 0 Å². The molecule has 27 heavy (non-hydrogen) atoms. The van der Waals surface area contributed by atoms with Crippen LogP contribution >= 0.6 is 0 Å². The van der Waals surface area contributed by atoms with Gasteiger partial charge in [0.25, 0.3) is 5.91 Å². The maximum atomic E-state index is 12.6. The summed E-state index contributed by atoms with van der Waals surface area (Å²) in [6.07, 6.45) is 4.78. The van der Waals surface area contributed by atoms with E-state index in [1.165, 1.54) is 9.58 Å². The van der Waals surface area contributed by atoms with E-state index in [0.717, 1.165) is 5.56 Å². The molecular formula is C19H21N5O3. The van der Waals surface area contributed by atoms with Gasteiger partial charge in [0, 0.05) is 13.1 Å². The third-order valence-electron chi connectivity index (χ3n) is 3.54. The Bertz CT molecular complexity index is 832. The largest absolute Gasteiger partial charge is 0.451 e. The predicted octanol–water partition coefficient (Wildman–Crippen LogP) is 1.72. The van der Waals surface area contributed by atoms with Crippen molar-refractivity contribution < 1.29 is 14.3 Å². The summed E-state index contributed by atoms with van der Waals surface area (Å²) in [5.41, 5.74) is 0.876. The SMILES string of the molecule is C=CCN(CC=C)C(=O)COC(=O)C(=Cc1ccccc1)n1nnnc1C. The van der Waals surface area contributed by atoms with E-state index in [-0.39, 0.29) is 11.6 Å². The summed E-state index contributed by atoms with van der Waals surface area (Å²) in [6, 6.07) is 9.20. The molecule has 2 aromatic rings. The van der Waals surface area contributed by atoms with Crippen molar-refractivity contribution in [3.8, 4) is 0 Å².